The Morgan fingerprint density at radius 3 is 1.96 bits per heavy atom. The van der Waals surface area contributed by atoms with E-state index in [1.165, 1.54) is 24.3 Å². The van der Waals surface area contributed by atoms with Crippen molar-refractivity contribution in [3.05, 3.63) is 78.4 Å². The summed E-state index contributed by atoms with van der Waals surface area (Å²) in [6, 6.07) is 17.5. The molecule has 0 aliphatic carbocycles. The van der Waals surface area contributed by atoms with Crippen LogP contribution < -0.4 is 9.47 Å². The van der Waals surface area contributed by atoms with E-state index in [0.717, 1.165) is 12.1 Å². The maximum absolute atomic E-state index is 12.8. The van der Waals surface area contributed by atoms with E-state index >= 15 is 0 Å². The van der Waals surface area contributed by atoms with Crippen LogP contribution in [0.25, 0.3) is 0 Å². The molecule has 6 heteroatoms. The Morgan fingerprint density at radius 1 is 0.680 bits per heavy atom. The number of para-hydroxylation sites is 2. The van der Waals surface area contributed by atoms with Crippen LogP contribution in [0, 0.1) is 0 Å². The van der Waals surface area contributed by atoms with Crippen molar-refractivity contribution in [1.29, 1.82) is 0 Å². The Bertz CT molecular complexity index is 876. The summed E-state index contributed by atoms with van der Waals surface area (Å²) in [5.41, 5.74) is -0.786. The third-order valence-electron chi connectivity index (χ3n) is 3.30. The van der Waals surface area contributed by atoms with Gasteiger partial charge in [0.15, 0.2) is 11.5 Å². The van der Waals surface area contributed by atoms with Crippen molar-refractivity contribution in [1.82, 2.24) is 0 Å². The lowest BCUT2D eigenvalue weighted by molar-refractivity contribution is -0.137. The number of hydrogen-bond acceptors (Lipinski definition) is 3. The van der Waals surface area contributed by atoms with Crippen molar-refractivity contribution < 1.29 is 27.8 Å². The predicted molar refractivity (Wildman–Crippen MR) is 86.1 cm³/mol. The fourth-order valence-corrected chi connectivity index (χ4v) is 2.14. The first kappa shape index (κ1) is 16.7. The minimum absolute atomic E-state index is 0.0216. The summed E-state index contributed by atoms with van der Waals surface area (Å²) in [6.45, 7) is 0. The number of halogens is 3. The molecule has 0 aliphatic heterocycles. The number of alkyl halides is 3. The van der Waals surface area contributed by atoms with Gasteiger partial charge in [0.05, 0.1) is 5.56 Å². The number of hydrogen-bond donors (Lipinski definition) is 1. The molecule has 0 amide bonds. The maximum Gasteiger partial charge on any atom is 0.416 e. The molecular formula is C19H13F3O3. The highest BCUT2D eigenvalue weighted by molar-refractivity contribution is 5.44. The highest BCUT2D eigenvalue weighted by Gasteiger charge is 2.30. The smallest absolute Gasteiger partial charge is 0.416 e. The highest BCUT2D eigenvalue weighted by Crippen LogP contribution is 2.35. The Morgan fingerprint density at radius 2 is 1.28 bits per heavy atom. The summed E-state index contributed by atoms with van der Waals surface area (Å²) >= 11 is 0. The quantitative estimate of drug-likeness (QED) is 0.630. The van der Waals surface area contributed by atoms with E-state index in [4.69, 9.17) is 9.47 Å². The lowest BCUT2D eigenvalue weighted by Gasteiger charge is -2.11. The largest absolute Gasteiger partial charge is 0.504 e. The van der Waals surface area contributed by atoms with E-state index in [2.05, 4.69) is 0 Å². The second kappa shape index (κ2) is 6.76. The van der Waals surface area contributed by atoms with Crippen LogP contribution in [0.1, 0.15) is 5.56 Å². The van der Waals surface area contributed by atoms with Gasteiger partial charge in [-0.2, -0.15) is 13.2 Å². The van der Waals surface area contributed by atoms with Crippen molar-refractivity contribution in [2.75, 3.05) is 0 Å². The van der Waals surface area contributed by atoms with Crippen molar-refractivity contribution in [3.63, 3.8) is 0 Å². The van der Waals surface area contributed by atoms with Gasteiger partial charge < -0.3 is 14.6 Å². The molecule has 3 rings (SSSR count). The van der Waals surface area contributed by atoms with Crippen molar-refractivity contribution in [3.8, 4) is 28.7 Å². The summed E-state index contributed by atoms with van der Waals surface area (Å²) in [4.78, 5) is 0. The molecule has 3 aromatic rings. The van der Waals surface area contributed by atoms with Gasteiger partial charge in [0.2, 0.25) is 0 Å². The summed E-state index contributed by atoms with van der Waals surface area (Å²) in [5.74, 6) is 0.998. The third kappa shape index (κ3) is 4.23. The first-order valence-electron chi connectivity index (χ1n) is 7.33. The SMILES string of the molecule is Oc1ccccc1Oc1cccc(Oc2cccc(C(F)(F)F)c2)c1. The Kier molecular flexibility index (Phi) is 4.52. The molecule has 0 aliphatic rings. The minimum Gasteiger partial charge on any atom is -0.504 e. The van der Waals surface area contributed by atoms with Crippen LogP contribution in [0.5, 0.6) is 28.7 Å². The van der Waals surface area contributed by atoms with Crippen LogP contribution in [0.3, 0.4) is 0 Å². The first-order chi connectivity index (χ1) is 11.9. The summed E-state index contributed by atoms with van der Waals surface area (Å²) in [7, 11) is 0. The Labute approximate surface area is 141 Å². The van der Waals surface area contributed by atoms with Gasteiger partial charge in [0.1, 0.15) is 17.2 Å². The third-order valence-corrected chi connectivity index (χ3v) is 3.30. The molecule has 25 heavy (non-hydrogen) atoms. The molecule has 0 aromatic heterocycles. The van der Waals surface area contributed by atoms with Gasteiger partial charge in [-0.1, -0.05) is 24.3 Å². The monoisotopic (exact) mass is 346 g/mol. The highest BCUT2D eigenvalue weighted by atomic mass is 19.4. The van der Waals surface area contributed by atoms with E-state index in [1.54, 1.807) is 36.4 Å². The molecule has 0 bridgehead atoms. The molecule has 0 unspecified atom stereocenters. The van der Waals surface area contributed by atoms with Gasteiger partial charge in [-0.05, 0) is 42.5 Å². The summed E-state index contributed by atoms with van der Waals surface area (Å²) in [6.07, 6.45) is -4.44. The van der Waals surface area contributed by atoms with Gasteiger partial charge in [0, 0.05) is 6.07 Å². The van der Waals surface area contributed by atoms with E-state index < -0.39 is 11.7 Å². The summed E-state index contributed by atoms with van der Waals surface area (Å²) in [5, 5.41) is 9.72. The second-order valence-electron chi connectivity index (χ2n) is 5.17. The van der Waals surface area contributed by atoms with Gasteiger partial charge >= 0.3 is 6.18 Å². The molecule has 3 aromatic carbocycles. The molecule has 0 heterocycles. The lowest BCUT2D eigenvalue weighted by atomic mass is 10.2. The zero-order valence-corrected chi connectivity index (χ0v) is 12.8. The molecule has 1 N–H and O–H groups in total. The molecule has 128 valence electrons. The lowest BCUT2D eigenvalue weighted by Crippen LogP contribution is -2.04. The van der Waals surface area contributed by atoms with Crippen LogP contribution in [0.4, 0.5) is 13.2 Å². The van der Waals surface area contributed by atoms with Crippen LogP contribution >= 0.6 is 0 Å². The van der Waals surface area contributed by atoms with Gasteiger partial charge in [-0.15, -0.1) is 0 Å². The fraction of sp³-hybridized carbons (Fsp3) is 0.0526. The standard InChI is InChI=1S/C19H13F3O3/c20-19(21,22)13-5-3-6-14(11-13)24-15-7-4-8-16(12-15)25-18-10-2-1-9-17(18)23/h1-12,23H. The summed E-state index contributed by atoms with van der Waals surface area (Å²) < 4.78 is 49.3. The maximum atomic E-state index is 12.8. The average molecular weight is 346 g/mol. The zero-order valence-electron chi connectivity index (χ0n) is 12.8. The van der Waals surface area contributed by atoms with Gasteiger partial charge in [0.25, 0.3) is 0 Å². The number of aromatic hydroxyl groups is 1. The van der Waals surface area contributed by atoms with Crippen molar-refractivity contribution in [2.24, 2.45) is 0 Å². The van der Waals surface area contributed by atoms with Crippen molar-refractivity contribution in [2.45, 2.75) is 6.18 Å². The predicted octanol–water partition coefficient (Wildman–Crippen LogP) is 6.00. The molecule has 0 saturated heterocycles. The van der Waals surface area contributed by atoms with E-state index in [1.807, 2.05) is 0 Å². The number of phenols is 1. The Hall–Kier alpha value is -3.15. The molecule has 0 fully saturated rings. The topological polar surface area (TPSA) is 38.7 Å². The van der Waals surface area contributed by atoms with Crippen molar-refractivity contribution >= 4 is 0 Å². The van der Waals surface area contributed by atoms with Crippen LogP contribution in [-0.4, -0.2) is 5.11 Å². The van der Waals surface area contributed by atoms with Crippen LogP contribution in [0.2, 0.25) is 0 Å². The van der Waals surface area contributed by atoms with Crippen LogP contribution in [0.15, 0.2) is 72.8 Å². The van der Waals surface area contributed by atoms with E-state index in [-0.39, 0.29) is 17.2 Å². The fourth-order valence-electron chi connectivity index (χ4n) is 2.14. The number of benzene rings is 3. The molecule has 0 atom stereocenters. The minimum atomic E-state index is -4.44. The number of phenolic OH excluding ortho intramolecular Hbond substituents is 1. The molecular weight excluding hydrogens is 333 g/mol. The zero-order chi connectivity index (χ0) is 17.9. The first-order valence-corrected chi connectivity index (χ1v) is 7.33. The molecule has 0 spiro atoms. The average Bonchev–Trinajstić information content (AvgIpc) is 2.57. The molecule has 0 saturated carbocycles. The van der Waals surface area contributed by atoms with E-state index in [0.29, 0.717) is 11.5 Å². The van der Waals surface area contributed by atoms with E-state index in [9.17, 15) is 18.3 Å². The number of ether oxygens (including phenoxy) is 2. The normalized spacial score (nSPS) is 11.2. The number of rotatable bonds is 4. The second-order valence-corrected chi connectivity index (χ2v) is 5.17. The van der Waals surface area contributed by atoms with Gasteiger partial charge in [-0.25, -0.2) is 0 Å². The molecule has 0 radical (unpaired) electrons. The van der Waals surface area contributed by atoms with Gasteiger partial charge in [-0.3, -0.25) is 0 Å². The molecule has 3 nitrogen and oxygen atoms in total. The van der Waals surface area contributed by atoms with Crippen LogP contribution in [-0.2, 0) is 6.18 Å². The Balaban J connectivity index is 1.80.